The molecule has 0 aromatic carbocycles. The predicted octanol–water partition coefficient (Wildman–Crippen LogP) is 2.66. The zero-order chi connectivity index (χ0) is 12.1. The van der Waals surface area contributed by atoms with Crippen LogP contribution in [0.1, 0.15) is 38.5 Å². The first-order valence-corrected chi connectivity index (χ1v) is 6.79. The highest BCUT2D eigenvalue weighted by molar-refractivity contribution is 5.03. The summed E-state index contributed by atoms with van der Waals surface area (Å²) < 4.78 is 5.51. The molecule has 1 aliphatic rings. The van der Waals surface area contributed by atoms with E-state index in [4.69, 9.17) is 4.42 Å². The van der Waals surface area contributed by atoms with Crippen molar-refractivity contribution < 1.29 is 4.42 Å². The summed E-state index contributed by atoms with van der Waals surface area (Å²) in [6.07, 6.45) is 4.38. The Hall–Kier alpha value is -0.800. The quantitative estimate of drug-likeness (QED) is 0.852. The minimum absolute atomic E-state index is 0.393. The van der Waals surface area contributed by atoms with Crippen molar-refractivity contribution in [3.8, 4) is 0 Å². The minimum atomic E-state index is 0.393. The number of hydrogen-bond acceptors (Lipinski definition) is 3. The van der Waals surface area contributed by atoms with E-state index in [1.165, 1.54) is 32.5 Å². The highest BCUT2D eigenvalue weighted by Crippen LogP contribution is 2.23. The standard InChI is InChI=1S/C14H24N2O/c1-3-16(11-13-6-8-15-9-7-13)12(2)14-5-4-10-17-14/h4-5,10,12-13,15H,3,6-9,11H2,1-2H3. The molecule has 2 rings (SSSR count). The highest BCUT2D eigenvalue weighted by atomic mass is 16.3. The summed E-state index contributed by atoms with van der Waals surface area (Å²) in [5.41, 5.74) is 0. The zero-order valence-corrected chi connectivity index (χ0v) is 11.0. The van der Waals surface area contributed by atoms with Crippen molar-refractivity contribution >= 4 is 0 Å². The molecule has 0 amide bonds. The Morgan fingerprint density at radius 3 is 2.82 bits per heavy atom. The van der Waals surface area contributed by atoms with Crippen LogP contribution in [0.25, 0.3) is 0 Å². The maximum absolute atomic E-state index is 5.51. The van der Waals surface area contributed by atoms with Crippen LogP contribution in [-0.2, 0) is 0 Å². The van der Waals surface area contributed by atoms with Crippen LogP contribution in [-0.4, -0.2) is 31.1 Å². The van der Waals surface area contributed by atoms with Crippen molar-refractivity contribution in [3.05, 3.63) is 24.2 Å². The molecule has 1 fully saturated rings. The second kappa shape index (κ2) is 6.22. The monoisotopic (exact) mass is 236 g/mol. The van der Waals surface area contributed by atoms with Gasteiger partial charge in [0.15, 0.2) is 0 Å². The molecule has 1 aliphatic heterocycles. The van der Waals surface area contributed by atoms with Gasteiger partial charge in [-0.2, -0.15) is 0 Å². The summed E-state index contributed by atoms with van der Waals surface area (Å²) in [7, 11) is 0. The lowest BCUT2D eigenvalue weighted by Crippen LogP contribution is -2.37. The van der Waals surface area contributed by atoms with Crippen LogP contribution in [0, 0.1) is 5.92 Å². The van der Waals surface area contributed by atoms with E-state index in [0.29, 0.717) is 6.04 Å². The number of piperidine rings is 1. The third kappa shape index (κ3) is 3.33. The molecule has 96 valence electrons. The van der Waals surface area contributed by atoms with Gasteiger partial charge in [-0.25, -0.2) is 0 Å². The smallest absolute Gasteiger partial charge is 0.120 e. The first kappa shape index (κ1) is 12.7. The summed E-state index contributed by atoms with van der Waals surface area (Å²) >= 11 is 0. The maximum atomic E-state index is 5.51. The summed E-state index contributed by atoms with van der Waals surface area (Å²) in [4.78, 5) is 2.52. The number of nitrogens with zero attached hydrogens (tertiary/aromatic N) is 1. The van der Waals surface area contributed by atoms with Crippen LogP contribution in [0.15, 0.2) is 22.8 Å². The fraction of sp³-hybridized carbons (Fsp3) is 0.714. The Morgan fingerprint density at radius 2 is 2.24 bits per heavy atom. The van der Waals surface area contributed by atoms with Gasteiger partial charge >= 0.3 is 0 Å². The van der Waals surface area contributed by atoms with Gasteiger partial charge in [0.2, 0.25) is 0 Å². The van der Waals surface area contributed by atoms with E-state index in [1.54, 1.807) is 6.26 Å². The van der Waals surface area contributed by atoms with Gasteiger partial charge in [0.25, 0.3) is 0 Å². The van der Waals surface area contributed by atoms with Gasteiger partial charge in [-0.3, -0.25) is 4.90 Å². The fourth-order valence-electron chi connectivity index (χ4n) is 2.67. The predicted molar refractivity (Wildman–Crippen MR) is 70.0 cm³/mol. The van der Waals surface area contributed by atoms with Crippen molar-refractivity contribution in [2.24, 2.45) is 5.92 Å². The van der Waals surface area contributed by atoms with Crippen LogP contribution in [0.2, 0.25) is 0 Å². The lowest BCUT2D eigenvalue weighted by atomic mass is 9.97. The number of nitrogens with one attached hydrogen (secondary N) is 1. The van der Waals surface area contributed by atoms with Crippen molar-refractivity contribution in [2.75, 3.05) is 26.2 Å². The van der Waals surface area contributed by atoms with Crippen LogP contribution >= 0.6 is 0 Å². The topological polar surface area (TPSA) is 28.4 Å². The molecule has 0 radical (unpaired) electrons. The summed E-state index contributed by atoms with van der Waals surface area (Å²) in [5, 5.41) is 3.43. The zero-order valence-electron chi connectivity index (χ0n) is 11.0. The van der Waals surface area contributed by atoms with Gasteiger partial charge in [0, 0.05) is 6.54 Å². The Morgan fingerprint density at radius 1 is 1.47 bits per heavy atom. The van der Waals surface area contributed by atoms with Crippen molar-refractivity contribution in [3.63, 3.8) is 0 Å². The molecule has 0 aliphatic carbocycles. The molecule has 0 saturated carbocycles. The Labute approximate surface area is 104 Å². The van der Waals surface area contributed by atoms with Gasteiger partial charge < -0.3 is 9.73 Å². The molecule has 1 unspecified atom stereocenters. The second-order valence-corrected chi connectivity index (χ2v) is 4.97. The number of rotatable bonds is 5. The molecule has 2 heterocycles. The van der Waals surface area contributed by atoms with Gasteiger partial charge in [-0.1, -0.05) is 6.92 Å². The summed E-state index contributed by atoms with van der Waals surface area (Å²) in [6.45, 7) is 9.12. The molecule has 1 aromatic rings. The minimum Gasteiger partial charge on any atom is -0.468 e. The lowest BCUT2D eigenvalue weighted by Gasteiger charge is -2.32. The molecule has 0 spiro atoms. The average molecular weight is 236 g/mol. The van der Waals surface area contributed by atoms with E-state index in [9.17, 15) is 0 Å². The lowest BCUT2D eigenvalue weighted by molar-refractivity contribution is 0.153. The molecule has 3 nitrogen and oxygen atoms in total. The molecule has 1 N–H and O–H groups in total. The SMILES string of the molecule is CCN(CC1CCNCC1)C(C)c1ccco1. The molecule has 17 heavy (non-hydrogen) atoms. The molecule has 1 aromatic heterocycles. The Balaban J connectivity index is 1.91. The van der Waals surface area contributed by atoms with Crippen LogP contribution in [0.5, 0.6) is 0 Å². The molecular formula is C14H24N2O. The van der Waals surface area contributed by atoms with Gasteiger partial charge in [0.1, 0.15) is 5.76 Å². The molecule has 3 heteroatoms. The Bertz CT molecular complexity index is 304. The van der Waals surface area contributed by atoms with Crippen molar-refractivity contribution in [1.29, 1.82) is 0 Å². The van der Waals surface area contributed by atoms with Gasteiger partial charge in [0.05, 0.1) is 12.3 Å². The average Bonchev–Trinajstić information content (AvgIpc) is 2.90. The molecule has 0 bridgehead atoms. The Kier molecular flexibility index (Phi) is 4.63. The summed E-state index contributed by atoms with van der Waals surface area (Å²) in [6, 6.07) is 4.45. The number of furan rings is 1. The fourth-order valence-corrected chi connectivity index (χ4v) is 2.67. The normalized spacial score (nSPS) is 19.7. The summed E-state index contributed by atoms with van der Waals surface area (Å²) in [5.74, 6) is 1.93. The largest absolute Gasteiger partial charge is 0.468 e. The second-order valence-electron chi connectivity index (χ2n) is 4.97. The van der Waals surface area contributed by atoms with E-state index in [-0.39, 0.29) is 0 Å². The third-order valence-electron chi connectivity index (χ3n) is 3.86. The first-order valence-electron chi connectivity index (χ1n) is 6.79. The van der Waals surface area contributed by atoms with E-state index in [1.807, 2.05) is 6.07 Å². The highest BCUT2D eigenvalue weighted by Gasteiger charge is 2.21. The first-order chi connectivity index (χ1) is 8.31. The van der Waals surface area contributed by atoms with Gasteiger partial charge in [-0.05, 0) is 57.5 Å². The van der Waals surface area contributed by atoms with Gasteiger partial charge in [-0.15, -0.1) is 0 Å². The van der Waals surface area contributed by atoms with E-state index >= 15 is 0 Å². The molecule has 1 saturated heterocycles. The van der Waals surface area contributed by atoms with Crippen LogP contribution in [0.4, 0.5) is 0 Å². The molecule has 1 atom stereocenters. The number of hydrogen-bond donors (Lipinski definition) is 1. The van der Waals surface area contributed by atoms with Crippen molar-refractivity contribution in [1.82, 2.24) is 10.2 Å². The van der Waals surface area contributed by atoms with E-state index < -0.39 is 0 Å². The van der Waals surface area contributed by atoms with Crippen molar-refractivity contribution in [2.45, 2.75) is 32.7 Å². The van der Waals surface area contributed by atoms with E-state index in [2.05, 4.69) is 30.1 Å². The van der Waals surface area contributed by atoms with E-state index in [0.717, 1.165) is 18.2 Å². The third-order valence-corrected chi connectivity index (χ3v) is 3.86. The van der Waals surface area contributed by atoms with Crippen LogP contribution < -0.4 is 5.32 Å². The van der Waals surface area contributed by atoms with Crippen LogP contribution in [0.3, 0.4) is 0 Å². The molecular weight excluding hydrogens is 212 g/mol. The maximum Gasteiger partial charge on any atom is 0.120 e.